The fraction of sp³-hybridized carbons (Fsp3) is 0.273. The second-order valence-electron chi connectivity index (χ2n) is 3.57. The number of nitrogens with one attached hydrogen (secondary N) is 1. The smallest absolute Gasteiger partial charge is 0.328 e. The first-order valence-electron chi connectivity index (χ1n) is 5.06. The van der Waals surface area contributed by atoms with Gasteiger partial charge in [-0.25, -0.2) is 4.79 Å². The van der Waals surface area contributed by atoms with Gasteiger partial charge in [-0.05, 0) is 18.2 Å². The van der Waals surface area contributed by atoms with Crippen LogP contribution in [0.15, 0.2) is 22.7 Å². The molecule has 1 heterocycles. The fourth-order valence-corrected chi connectivity index (χ4v) is 2.01. The lowest BCUT2D eigenvalue weighted by molar-refractivity contribution is -0.120. The zero-order valence-corrected chi connectivity index (χ0v) is 10.8. The zero-order chi connectivity index (χ0) is 12.4. The number of urea groups is 1. The standard InChI is InChI=1S/C11H11BrN2O3/c1-17-9-6-7(12)2-3-8(9)14-5-4-10(15)13-11(14)16/h2-3,6H,4-5H2,1H3,(H,13,15,16). The van der Waals surface area contributed by atoms with Crippen LogP contribution in [0.2, 0.25) is 0 Å². The Labute approximate surface area is 107 Å². The molecule has 1 saturated heterocycles. The van der Waals surface area contributed by atoms with E-state index in [-0.39, 0.29) is 5.91 Å². The van der Waals surface area contributed by atoms with Crippen LogP contribution in [0, 0.1) is 0 Å². The van der Waals surface area contributed by atoms with Gasteiger partial charge in [-0.1, -0.05) is 15.9 Å². The molecule has 0 saturated carbocycles. The molecule has 17 heavy (non-hydrogen) atoms. The number of carbonyl (C=O) groups excluding carboxylic acids is 2. The van der Waals surface area contributed by atoms with Gasteiger partial charge in [-0.2, -0.15) is 0 Å². The van der Waals surface area contributed by atoms with Crippen LogP contribution in [0.3, 0.4) is 0 Å². The molecule has 5 nitrogen and oxygen atoms in total. The third-order valence-electron chi connectivity index (χ3n) is 2.49. The maximum Gasteiger partial charge on any atom is 0.328 e. The number of carbonyl (C=O) groups is 2. The summed E-state index contributed by atoms with van der Waals surface area (Å²) in [5.74, 6) is 0.339. The first-order valence-corrected chi connectivity index (χ1v) is 5.86. The Morgan fingerprint density at radius 2 is 2.18 bits per heavy atom. The number of halogens is 1. The monoisotopic (exact) mass is 298 g/mol. The average Bonchev–Trinajstić information content (AvgIpc) is 2.30. The topological polar surface area (TPSA) is 58.6 Å². The van der Waals surface area contributed by atoms with Crippen LogP contribution in [-0.2, 0) is 4.79 Å². The molecule has 0 aromatic heterocycles. The number of ether oxygens (including phenoxy) is 1. The SMILES string of the molecule is COc1cc(Br)ccc1N1CCC(=O)NC1=O. The minimum Gasteiger partial charge on any atom is -0.495 e. The molecule has 0 aliphatic carbocycles. The highest BCUT2D eigenvalue weighted by Gasteiger charge is 2.26. The second kappa shape index (κ2) is 4.75. The summed E-state index contributed by atoms with van der Waals surface area (Å²) >= 11 is 3.33. The van der Waals surface area contributed by atoms with Gasteiger partial charge >= 0.3 is 6.03 Å². The minimum absolute atomic E-state index is 0.248. The molecule has 1 aromatic rings. The number of imide groups is 1. The Kier molecular flexibility index (Phi) is 3.33. The largest absolute Gasteiger partial charge is 0.495 e. The summed E-state index contributed by atoms with van der Waals surface area (Å²) in [5, 5.41) is 2.27. The van der Waals surface area contributed by atoms with Crippen molar-refractivity contribution in [2.45, 2.75) is 6.42 Å². The van der Waals surface area contributed by atoms with Gasteiger partial charge in [0.05, 0.1) is 12.8 Å². The highest BCUT2D eigenvalue weighted by Crippen LogP contribution is 2.32. The molecule has 3 amide bonds. The molecule has 2 rings (SSSR count). The first kappa shape index (κ1) is 11.9. The zero-order valence-electron chi connectivity index (χ0n) is 9.20. The Morgan fingerprint density at radius 3 is 2.82 bits per heavy atom. The van der Waals surface area contributed by atoms with Crippen molar-refractivity contribution in [2.24, 2.45) is 0 Å². The van der Waals surface area contributed by atoms with Crippen LogP contribution in [0.25, 0.3) is 0 Å². The summed E-state index contributed by atoms with van der Waals surface area (Å²) in [6.45, 7) is 0.364. The molecule has 1 aliphatic heterocycles. The van der Waals surface area contributed by atoms with Crippen molar-refractivity contribution in [3.05, 3.63) is 22.7 Å². The summed E-state index contributed by atoms with van der Waals surface area (Å²) < 4.78 is 6.09. The van der Waals surface area contributed by atoms with Crippen molar-refractivity contribution in [2.75, 3.05) is 18.6 Å². The van der Waals surface area contributed by atoms with E-state index in [0.717, 1.165) is 4.47 Å². The predicted molar refractivity (Wildman–Crippen MR) is 66.2 cm³/mol. The third-order valence-corrected chi connectivity index (χ3v) is 2.98. The molecule has 0 unspecified atom stereocenters. The number of hydrogen-bond donors (Lipinski definition) is 1. The molecule has 1 N–H and O–H groups in total. The van der Waals surface area contributed by atoms with Gasteiger partial charge in [0, 0.05) is 17.4 Å². The van der Waals surface area contributed by atoms with Gasteiger partial charge < -0.3 is 4.74 Å². The van der Waals surface area contributed by atoms with Crippen LogP contribution in [0.4, 0.5) is 10.5 Å². The van der Waals surface area contributed by atoms with E-state index < -0.39 is 6.03 Å². The quantitative estimate of drug-likeness (QED) is 0.907. The highest BCUT2D eigenvalue weighted by atomic mass is 79.9. The predicted octanol–water partition coefficient (Wildman–Crippen LogP) is 1.90. The van der Waals surface area contributed by atoms with Crippen LogP contribution in [0.1, 0.15) is 6.42 Å². The van der Waals surface area contributed by atoms with E-state index in [4.69, 9.17) is 4.74 Å². The molecule has 1 aliphatic rings. The van der Waals surface area contributed by atoms with E-state index in [1.54, 1.807) is 12.1 Å². The van der Waals surface area contributed by atoms with Crippen molar-refractivity contribution in [1.29, 1.82) is 0 Å². The summed E-state index contributed by atoms with van der Waals surface area (Å²) in [6, 6.07) is 4.96. The third kappa shape index (κ3) is 2.41. The Bertz CT molecular complexity index is 476. The van der Waals surface area contributed by atoms with E-state index in [1.807, 2.05) is 6.07 Å². The number of amides is 3. The Hall–Kier alpha value is -1.56. The van der Waals surface area contributed by atoms with E-state index in [9.17, 15) is 9.59 Å². The van der Waals surface area contributed by atoms with Gasteiger partial charge in [-0.15, -0.1) is 0 Å². The van der Waals surface area contributed by atoms with Gasteiger partial charge in [-0.3, -0.25) is 15.0 Å². The summed E-state index contributed by atoms with van der Waals surface area (Å²) in [5.41, 5.74) is 0.653. The molecule has 1 aromatic carbocycles. The van der Waals surface area contributed by atoms with Crippen LogP contribution < -0.4 is 15.0 Å². The fourth-order valence-electron chi connectivity index (χ4n) is 1.67. The molecule has 0 spiro atoms. The number of hydrogen-bond acceptors (Lipinski definition) is 3. The molecule has 0 bridgehead atoms. The van der Waals surface area contributed by atoms with Crippen LogP contribution in [0.5, 0.6) is 5.75 Å². The van der Waals surface area contributed by atoms with Crippen molar-refractivity contribution < 1.29 is 14.3 Å². The van der Waals surface area contributed by atoms with Crippen LogP contribution >= 0.6 is 15.9 Å². The molecular weight excluding hydrogens is 288 g/mol. The number of rotatable bonds is 2. The lowest BCUT2D eigenvalue weighted by Gasteiger charge is -2.27. The van der Waals surface area contributed by atoms with Gasteiger partial charge in [0.15, 0.2) is 0 Å². The van der Waals surface area contributed by atoms with E-state index >= 15 is 0 Å². The van der Waals surface area contributed by atoms with E-state index in [2.05, 4.69) is 21.2 Å². The molecule has 1 fully saturated rings. The van der Waals surface area contributed by atoms with E-state index in [0.29, 0.717) is 24.4 Å². The number of nitrogens with zero attached hydrogens (tertiary/aromatic N) is 1. The molecule has 90 valence electrons. The van der Waals surface area contributed by atoms with Crippen molar-refractivity contribution in [3.63, 3.8) is 0 Å². The van der Waals surface area contributed by atoms with E-state index in [1.165, 1.54) is 12.0 Å². The van der Waals surface area contributed by atoms with Crippen molar-refractivity contribution in [3.8, 4) is 5.75 Å². The van der Waals surface area contributed by atoms with Crippen molar-refractivity contribution in [1.82, 2.24) is 5.32 Å². The molecule has 0 atom stereocenters. The minimum atomic E-state index is -0.415. The maximum absolute atomic E-state index is 11.7. The lowest BCUT2D eigenvalue weighted by atomic mass is 10.2. The number of anilines is 1. The Balaban J connectivity index is 2.33. The molecule has 6 heteroatoms. The van der Waals surface area contributed by atoms with Gasteiger partial charge in [0.25, 0.3) is 0 Å². The normalized spacial score (nSPS) is 15.8. The summed E-state index contributed by atoms with van der Waals surface area (Å²) in [6.07, 6.45) is 0.297. The maximum atomic E-state index is 11.7. The number of methoxy groups -OCH3 is 1. The number of benzene rings is 1. The second-order valence-corrected chi connectivity index (χ2v) is 4.49. The lowest BCUT2D eigenvalue weighted by Crippen LogP contribution is -2.49. The Morgan fingerprint density at radius 1 is 1.41 bits per heavy atom. The van der Waals surface area contributed by atoms with Crippen LogP contribution in [-0.4, -0.2) is 25.6 Å². The molecule has 0 radical (unpaired) electrons. The molecular formula is C11H11BrN2O3. The summed E-state index contributed by atoms with van der Waals surface area (Å²) in [4.78, 5) is 24.2. The van der Waals surface area contributed by atoms with Gasteiger partial charge in [0.1, 0.15) is 5.75 Å². The van der Waals surface area contributed by atoms with Gasteiger partial charge in [0.2, 0.25) is 5.91 Å². The first-order chi connectivity index (χ1) is 8.11. The summed E-state index contributed by atoms with van der Waals surface area (Å²) in [7, 11) is 1.54. The highest BCUT2D eigenvalue weighted by molar-refractivity contribution is 9.10. The average molecular weight is 299 g/mol. The van der Waals surface area contributed by atoms with Crippen molar-refractivity contribution >= 4 is 33.6 Å².